The zero-order valence-corrected chi connectivity index (χ0v) is 12.0. The molecule has 0 aromatic carbocycles. The topological polar surface area (TPSA) is 93.6 Å². The van der Waals surface area contributed by atoms with Gasteiger partial charge in [-0.3, -0.25) is 19.1 Å². The van der Waals surface area contributed by atoms with Gasteiger partial charge in [0.2, 0.25) is 0 Å². The SMILES string of the molecule is COCC1CN(C(=O)C(F)(F)F)CC(n2ccc(=O)[nH]c2=O)O1. The number of carbonyl (C=O) groups is 1. The Morgan fingerprint density at radius 2 is 2.13 bits per heavy atom. The predicted molar refractivity (Wildman–Crippen MR) is 69.7 cm³/mol. The fourth-order valence-corrected chi connectivity index (χ4v) is 2.25. The van der Waals surface area contributed by atoms with Crippen molar-refractivity contribution >= 4 is 5.91 Å². The Morgan fingerprint density at radius 1 is 1.43 bits per heavy atom. The van der Waals surface area contributed by atoms with Crippen molar-refractivity contribution in [3.63, 3.8) is 0 Å². The van der Waals surface area contributed by atoms with Crippen molar-refractivity contribution in [1.29, 1.82) is 0 Å². The maximum absolute atomic E-state index is 12.6. The number of methoxy groups -OCH3 is 1. The first-order chi connectivity index (χ1) is 10.7. The largest absolute Gasteiger partial charge is 0.471 e. The van der Waals surface area contributed by atoms with Crippen LogP contribution in [0.25, 0.3) is 0 Å². The minimum absolute atomic E-state index is 0.0593. The van der Waals surface area contributed by atoms with Gasteiger partial charge in [-0.2, -0.15) is 13.2 Å². The summed E-state index contributed by atoms with van der Waals surface area (Å²) in [6, 6.07) is 1.03. The third-order valence-corrected chi connectivity index (χ3v) is 3.19. The summed E-state index contributed by atoms with van der Waals surface area (Å²) in [5, 5.41) is 0. The second-order valence-electron chi connectivity index (χ2n) is 4.89. The number of amides is 1. The maximum atomic E-state index is 12.6. The second-order valence-corrected chi connectivity index (χ2v) is 4.89. The summed E-state index contributed by atoms with van der Waals surface area (Å²) in [6.07, 6.45) is -5.95. The molecule has 1 aliphatic heterocycles. The van der Waals surface area contributed by atoms with Gasteiger partial charge in [0, 0.05) is 25.9 Å². The van der Waals surface area contributed by atoms with E-state index in [1.165, 1.54) is 7.11 Å². The highest BCUT2D eigenvalue weighted by Gasteiger charge is 2.45. The van der Waals surface area contributed by atoms with E-state index in [0.29, 0.717) is 4.90 Å². The summed E-state index contributed by atoms with van der Waals surface area (Å²) in [5.74, 6) is -2.02. The zero-order valence-electron chi connectivity index (χ0n) is 12.0. The van der Waals surface area contributed by atoms with Crippen LogP contribution in [0.1, 0.15) is 6.23 Å². The molecule has 8 nitrogen and oxygen atoms in total. The van der Waals surface area contributed by atoms with Gasteiger partial charge in [-0.25, -0.2) is 4.79 Å². The van der Waals surface area contributed by atoms with Crippen molar-refractivity contribution in [1.82, 2.24) is 14.5 Å². The average molecular weight is 337 g/mol. The fourth-order valence-electron chi connectivity index (χ4n) is 2.25. The van der Waals surface area contributed by atoms with E-state index in [4.69, 9.17) is 9.47 Å². The molecule has 1 aromatic heterocycles. The lowest BCUT2D eigenvalue weighted by molar-refractivity contribution is -0.201. The highest BCUT2D eigenvalue weighted by atomic mass is 19.4. The number of hydrogen-bond acceptors (Lipinski definition) is 5. The Bertz CT molecular complexity index is 683. The molecular weight excluding hydrogens is 323 g/mol. The van der Waals surface area contributed by atoms with E-state index < -0.39 is 42.2 Å². The summed E-state index contributed by atoms with van der Waals surface area (Å²) >= 11 is 0. The molecule has 1 fully saturated rings. The van der Waals surface area contributed by atoms with Gasteiger partial charge in [0.15, 0.2) is 6.23 Å². The number of hydrogen-bond donors (Lipinski definition) is 1. The van der Waals surface area contributed by atoms with Crippen LogP contribution in [-0.2, 0) is 14.3 Å². The third kappa shape index (κ3) is 3.99. The van der Waals surface area contributed by atoms with Gasteiger partial charge in [-0.05, 0) is 0 Å². The second kappa shape index (κ2) is 6.54. The number of nitrogens with one attached hydrogen (secondary N) is 1. The quantitative estimate of drug-likeness (QED) is 0.800. The van der Waals surface area contributed by atoms with Gasteiger partial charge in [-0.15, -0.1) is 0 Å². The molecule has 2 unspecified atom stereocenters. The predicted octanol–water partition coefficient (Wildman–Crippen LogP) is -0.529. The Balaban J connectivity index is 2.30. The fraction of sp³-hybridized carbons (Fsp3) is 0.583. The third-order valence-electron chi connectivity index (χ3n) is 3.19. The van der Waals surface area contributed by atoms with E-state index in [1.54, 1.807) is 0 Å². The number of aromatic amines is 1. The molecule has 0 aliphatic carbocycles. The summed E-state index contributed by atoms with van der Waals surface area (Å²) in [6.45, 7) is -0.860. The summed E-state index contributed by atoms with van der Waals surface area (Å²) in [5.41, 5.74) is -1.50. The van der Waals surface area contributed by atoms with E-state index >= 15 is 0 Å². The molecule has 0 saturated carbocycles. The van der Waals surface area contributed by atoms with Crippen LogP contribution in [0.5, 0.6) is 0 Å². The van der Waals surface area contributed by atoms with Crippen molar-refractivity contribution in [3.8, 4) is 0 Å². The highest BCUT2D eigenvalue weighted by molar-refractivity contribution is 5.82. The van der Waals surface area contributed by atoms with Gasteiger partial charge in [0.05, 0.1) is 13.2 Å². The monoisotopic (exact) mass is 337 g/mol. The first kappa shape index (κ1) is 17.2. The van der Waals surface area contributed by atoms with E-state index in [-0.39, 0.29) is 13.2 Å². The number of nitrogens with zero attached hydrogens (tertiary/aromatic N) is 2. The highest BCUT2D eigenvalue weighted by Crippen LogP contribution is 2.24. The number of aromatic nitrogens is 2. The average Bonchev–Trinajstić information content (AvgIpc) is 2.45. The van der Waals surface area contributed by atoms with E-state index in [1.807, 2.05) is 4.98 Å². The standard InChI is InChI=1S/C12H14F3N3O5/c1-22-6-7-4-17(10(20)12(13,14)15)5-9(23-7)18-3-2-8(19)16-11(18)21/h2-3,7,9H,4-6H2,1H3,(H,16,19,21). The minimum atomic E-state index is -5.03. The van der Waals surface area contributed by atoms with Crippen molar-refractivity contribution in [2.75, 3.05) is 26.8 Å². The molecule has 0 bridgehead atoms. The lowest BCUT2D eigenvalue weighted by Gasteiger charge is -2.38. The molecule has 1 aliphatic rings. The number of morpholine rings is 1. The molecule has 1 amide bonds. The van der Waals surface area contributed by atoms with Crippen LogP contribution in [0.15, 0.2) is 21.9 Å². The van der Waals surface area contributed by atoms with E-state index in [0.717, 1.165) is 16.8 Å². The molecule has 2 rings (SSSR count). The Hall–Kier alpha value is -2.14. The Kier molecular flexibility index (Phi) is 4.90. The Labute approximate surface area is 127 Å². The van der Waals surface area contributed by atoms with Crippen LogP contribution in [-0.4, -0.2) is 59.4 Å². The molecule has 0 radical (unpaired) electrons. The number of halogens is 3. The molecule has 128 valence electrons. The van der Waals surface area contributed by atoms with Crippen molar-refractivity contribution in [3.05, 3.63) is 33.1 Å². The molecule has 1 N–H and O–H groups in total. The molecule has 1 aromatic rings. The van der Waals surface area contributed by atoms with Crippen LogP contribution in [0.3, 0.4) is 0 Å². The van der Waals surface area contributed by atoms with Gasteiger partial charge < -0.3 is 14.4 Å². The lowest BCUT2D eigenvalue weighted by atomic mass is 10.2. The van der Waals surface area contributed by atoms with Gasteiger partial charge in [0.25, 0.3) is 5.56 Å². The van der Waals surface area contributed by atoms with Gasteiger partial charge >= 0.3 is 17.8 Å². The summed E-state index contributed by atoms with van der Waals surface area (Å²) in [7, 11) is 1.33. The molecule has 2 atom stereocenters. The van der Waals surface area contributed by atoms with Gasteiger partial charge in [-0.1, -0.05) is 0 Å². The van der Waals surface area contributed by atoms with Crippen LogP contribution in [0.2, 0.25) is 0 Å². The van der Waals surface area contributed by atoms with Crippen LogP contribution < -0.4 is 11.2 Å². The summed E-state index contributed by atoms with van der Waals surface area (Å²) in [4.78, 5) is 36.8. The molecular formula is C12H14F3N3O5. The molecule has 11 heteroatoms. The number of ether oxygens (including phenoxy) is 2. The molecule has 0 spiro atoms. The van der Waals surface area contributed by atoms with Crippen LogP contribution in [0.4, 0.5) is 13.2 Å². The van der Waals surface area contributed by atoms with Crippen molar-refractivity contribution < 1.29 is 27.4 Å². The summed E-state index contributed by atoms with van der Waals surface area (Å²) < 4.78 is 49.1. The first-order valence-electron chi connectivity index (χ1n) is 6.54. The Morgan fingerprint density at radius 3 is 2.70 bits per heavy atom. The first-order valence-corrected chi connectivity index (χ1v) is 6.54. The number of H-pyrrole nitrogens is 1. The van der Waals surface area contributed by atoms with Gasteiger partial charge in [0.1, 0.15) is 6.10 Å². The zero-order chi connectivity index (χ0) is 17.2. The molecule has 2 heterocycles. The lowest BCUT2D eigenvalue weighted by Crippen LogP contribution is -2.54. The maximum Gasteiger partial charge on any atom is 0.471 e. The smallest absolute Gasteiger partial charge is 0.382 e. The van der Waals surface area contributed by atoms with Crippen molar-refractivity contribution in [2.45, 2.75) is 18.5 Å². The normalized spacial score (nSPS) is 22.2. The number of carbonyl (C=O) groups excluding carboxylic acids is 1. The molecule has 1 saturated heterocycles. The minimum Gasteiger partial charge on any atom is -0.382 e. The number of rotatable bonds is 3. The van der Waals surface area contributed by atoms with Crippen LogP contribution in [0, 0.1) is 0 Å². The van der Waals surface area contributed by atoms with Crippen molar-refractivity contribution in [2.24, 2.45) is 0 Å². The van der Waals surface area contributed by atoms with E-state index in [9.17, 15) is 27.6 Å². The van der Waals surface area contributed by atoms with Crippen LogP contribution >= 0.6 is 0 Å². The van der Waals surface area contributed by atoms with E-state index in [2.05, 4.69) is 0 Å². The number of alkyl halides is 3. The molecule has 23 heavy (non-hydrogen) atoms.